The van der Waals surface area contributed by atoms with Gasteiger partial charge in [0.2, 0.25) is 12.6 Å². The van der Waals surface area contributed by atoms with Crippen LogP contribution < -0.4 is 33.7 Å². The average molecular weight is 914 g/mol. The van der Waals surface area contributed by atoms with Crippen LogP contribution in [0.3, 0.4) is 0 Å². The van der Waals surface area contributed by atoms with Gasteiger partial charge in [0.15, 0.2) is 11.5 Å². The van der Waals surface area contributed by atoms with E-state index in [-0.39, 0.29) is 63.1 Å². The molecule has 1 saturated carbocycles. The normalized spacial score (nSPS) is 23.1. The molecule has 7 rings (SSSR count). The lowest BCUT2D eigenvalue weighted by Gasteiger charge is -2.59. The second kappa shape index (κ2) is 21.1. The molecular formula is C50H63N3O13. The van der Waals surface area contributed by atoms with Gasteiger partial charge in [-0.3, -0.25) is 10.2 Å². The highest BCUT2D eigenvalue weighted by Gasteiger charge is 2.65. The molecule has 356 valence electrons. The molecule has 0 aromatic heterocycles. The van der Waals surface area contributed by atoms with Gasteiger partial charge < -0.3 is 52.9 Å². The summed E-state index contributed by atoms with van der Waals surface area (Å²) >= 11 is 0. The molecule has 2 amide bonds. The Balaban J connectivity index is 1.41. The Labute approximate surface area is 386 Å². The summed E-state index contributed by atoms with van der Waals surface area (Å²) in [5.41, 5.74) is 2.73. The highest BCUT2D eigenvalue weighted by Crippen LogP contribution is 2.62. The van der Waals surface area contributed by atoms with Crippen molar-refractivity contribution in [3.8, 4) is 34.5 Å². The van der Waals surface area contributed by atoms with Crippen molar-refractivity contribution in [2.75, 3.05) is 53.3 Å². The van der Waals surface area contributed by atoms with E-state index in [4.69, 9.17) is 47.9 Å². The molecule has 3 aromatic rings. The van der Waals surface area contributed by atoms with E-state index in [1.54, 1.807) is 48.4 Å². The second-order valence-electron chi connectivity index (χ2n) is 17.8. The first-order chi connectivity index (χ1) is 31.9. The average Bonchev–Trinajstić information content (AvgIpc) is 3.78. The van der Waals surface area contributed by atoms with E-state index in [1.165, 1.54) is 14.2 Å². The molecule has 16 heteroatoms. The number of unbranched alkanes of at least 4 members (excludes halogenated alkanes) is 2. The SMILES string of the molecule is C=CCO[C@@]12Oc3ccc(OC(=O)Nc4ccc(OC)cc4OC)cc3[C@H]3[C@H](CCCCO)[C@@H](CCCCO)C=C(C(=NOC(C)(C)C)C[C@@H]1N(Cc1ccc4c(c1)OCO4)C(=O)OC)[C@H]32. The van der Waals surface area contributed by atoms with Gasteiger partial charge in [-0.1, -0.05) is 36.2 Å². The van der Waals surface area contributed by atoms with Crippen LogP contribution in [0.25, 0.3) is 0 Å². The van der Waals surface area contributed by atoms with Crippen molar-refractivity contribution >= 4 is 23.6 Å². The van der Waals surface area contributed by atoms with Crippen molar-refractivity contribution in [1.82, 2.24) is 4.90 Å². The van der Waals surface area contributed by atoms with Crippen LogP contribution in [-0.4, -0.2) is 98.4 Å². The third-order valence-electron chi connectivity index (χ3n) is 12.5. The highest BCUT2D eigenvalue weighted by atomic mass is 16.7. The molecule has 3 N–H and O–H groups in total. The number of anilines is 1. The molecule has 16 nitrogen and oxygen atoms in total. The third-order valence-corrected chi connectivity index (χ3v) is 12.5. The van der Waals surface area contributed by atoms with Gasteiger partial charge in [-0.2, -0.15) is 0 Å². The van der Waals surface area contributed by atoms with E-state index in [0.29, 0.717) is 59.4 Å². The maximum Gasteiger partial charge on any atom is 0.417 e. The van der Waals surface area contributed by atoms with Crippen LogP contribution in [0.15, 0.2) is 84.1 Å². The van der Waals surface area contributed by atoms with Crippen LogP contribution in [-0.2, 0) is 20.9 Å². The van der Waals surface area contributed by atoms with Crippen LogP contribution in [0.1, 0.15) is 82.8 Å². The van der Waals surface area contributed by atoms with E-state index in [2.05, 4.69) is 18.0 Å². The lowest BCUT2D eigenvalue weighted by molar-refractivity contribution is -0.256. The van der Waals surface area contributed by atoms with E-state index >= 15 is 0 Å². The molecule has 0 spiro atoms. The summed E-state index contributed by atoms with van der Waals surface area (Å²) in [6, 6.07) is 15.0. The van der Waals surface area contributed by atoms with Crippen LogP contribution >= 0.6 is 0 Å². The Hall–Kier alpha value is -5.97. The predicted octanol–water partition coefficient (Wildman–Crippen LogP) is 8.74. The molecule has 66 heavy (non-hydrogen) atoms. The summed E-state index contributed by atoms with van der Waals surface area (Å²) < 4.78 is 48.1. The number of allylic oxidation sites excluding steroid dienone is 1. The fraction of sp³-hybridized carbons (Fsp3) is 0.500. The fourth-order valence-corrected chi connectivity index (χ4v) is 9.70. The lowest BCUT2D eigenvalue weighted by Crippen LogP contribution is -2.70. The largest absolute Gasteiger partial charge is 0.497 e. The first kappa shape index (κ1) is 48.0. The predicted molar refractivity (Wildman–Crippen MR) is 246 cm³/mol. The van der Waals surface area contributed by atoms with Gasteiger partial charge in [0.05, 0.1) is 45.3 Å². The molecule has 6 atom stereocenters. The number of nitrogens with one attached hydrogen (secondary N) is 1. The maximum atomic E-state index is 14.4. The number of amides is 2. The Morgan fingerprint density at radius 2 is 1.67 bits per heavy atom. The summed E-state index contributed by atoms with van der Waals surface area (Å²) in [7, 11) is 4.38. The molecule has 0 saturated heterocycles. The van der Waals surface area contributed by atoms with Gasteiger partial charge in [-0.05, 0) is 112 Å². The van der Waals surface area contributed by atoms with Gasteiger partial charge in [0.1, 0.15) is 34.6 Å². The third kappa shape index (κ3) is 10.4. The van der Waals surface area contributed by atoms with Crippen molar-refractivity contribution in [3.05, 3.63) is 90.0 Å². The number of carbonyl (C=O) groups excluding carboxylic acids is 2. The van der Waals surface area contributed by atoms with Crippen LogP contribution in [0, 0.1) is 17.8 Å². The quantitative estimate of drug-likeness (QED) is 0.0590. The molecule has 0 unspecified atom stereocenters. The van der Waals surface area contributed by atoms with Crippen molar-refractivity contribution < 1.29 is 62.5 Å². The number of oxime groups is 1. The van der Waals surface area contributed by atoms with Crippen LogP contribution in [0.2, 0.25) is 0 Å². The van der Waals surface area contributed by atoms with E-state index in [9.17, 15) is 19.8 Å². The van der Waals surface area contributed by atoms with E-state index < -0.39 is 35.5 Å². The Morgan fingerprint density at radius 1 is 0.924 bits per heavy atom. The Bertz CT molecular complexity index is 2270. The minimum atomic E-state index is -1.56. The zero-order valence-corrected chi connectivity index (χ0v) is 38.7. The fourth-order valence-electron chi connectivity index (χ4n) is 9.70. The standard InChI is InChI=1S/C50H63N3O13/c1-8-23-63-50-44(53(48(57)60-7)29-31-15-19-41-43(24-31)62-30-61-41)28-39(52-66-49(2,3)4)36-25-32(13-9-11-21-54)35(14-10-12-22-55)45(46(36)50)37-26-34(17-20-40(37)65-50)64-47(56)51-38-18-16-33(58-5)27-42(38)59-6/h8,15-20,24-27,32,35,44-46,54-55H,1,9-14,21-23,28-30H2,2-7H3,(H,51,56)/t32-,35+,44-,45+,46+,50+/m0/s1. The second-order valence-corrected chi connectivity index (χ2v) is 17.8. The molecule has 2 aliphatic heterocycles. The minimum absolute atomic E-state index is 0.0216. The Kier molecular flexibility index (Phi) is 15.3. The van der Waals surface area contributed by atoms with Crippen molar-refractivity contribution in [2.24, 2.45) is 22.9 Å². The number of hydrogen-bond acceptors (Lipinski definition) is 14. The molecule has 0 bridgehead atoms. The van der Waals surface area contributed by atoms with E-state index in [0.717, 1.165) is 36.0 Å². The number of carbonyl (C=O) groups is 2. The number of rotatable bonds is 19. The summed E-state index contributed by atoms with van der Waals surface area (Å²) in [4.78, 5) is 35.8. The van der Waals surface area contributed by atoms with Crippen LogP contribution in [0.5, 0.6) is 34.5 Å². The van der Waals surface area contributed by atoms with Gasteiger partial charge in [-0.15, -0.1) is 6.58 Å². The van der Waals surface area contributed by atoms with E-state index in [1.807, 2.05) is 45.0 Å². The number of ether oxygens (including phenoxy) is 8. The number of methoxy groups -OCH3 is 3. The molecule has 4 aliphatic rings. The zero-order chi connectivity index (χ0) is 47.0. The summed E-state index contributed by atoms with van der Waals surface area (Å²) in [6.07, 6.45) is 6.88. The van der Waals surface area contributed by atoms with Crippen molar-refractivity contribution in [3.63, 3.8) is 0 Å². The monoisotopic (exact) mass is 913 g/mol. The van der Waals surface area contributed by atoms with Gasteiger partial charge in [-0.25, -0.2) is 9.59 Å². The number of aliphatic hydroxyl groups is 2. The smallest absolute Gasteiger partial charge is 0.417 e. The van der Waals surface area contributed by atoms with Gasteiger partial charge in [0, 0.05) is 43.7 Å². The minimum Gasteiger partial charge on any atom is -0.497 e. The molecule has 3 aromatic carbocycles. The summed E-state index contributed by atoms with van der Waals surface area (Å²) in [5, 5.41) is 27.6. The lowest BCUT2D eigenvalue weighted by atomic mass is 9.55. The molecule has 2 heterocycles. The molecule has 2 aliphatic carbocycles. The number of hydrogen-bond donors (Lipinski definition) is 3. The summed E-state index contributed by atoms with van der Waals surface area (Å²) in [6.45, 7) is 10.1. The first-order valence-corrected chi connectivity index (χ1v) is 22.6. The highest BCUT2D eigenvalue weighted by molar-refractivity contribution is 6.03. The Morgan fingerprint density at radius 3 is 2.38 bits per heavy atom. The number of nitrogens with zero attached hydrogens (tertiary/aromatic N) is 2. The van der Waals surface area contributed by atoms with Crippen molar-refractivity contribution in [1.29, 1.82) is 0 Å². The summed E-state index contributed by atoms with van der Waals surface area (Å²) in [5.74, 6) is 0.219. The van der Waals surface area contributed by atoms with Crippen molar-refractivity contribution in [2.45, 2.75) is 95.6 Å². The number of aliphatic hydroxyl groups excluding tert-OH is 2. The molecule has 0 radical (unpaired) electrons. The molecule has 1 fully saturated rings. The first-order valence-electron chi connectivity index (χ1n) is 22.6. The van der Waals surface area contributed by atoms with Gasteiger partial charge in [0.25, 0.3) is 0 Å². The topological polar surface area (TPSA) is 185 Å². The molecular weight excluding hydrogens is 851 g/mol. The number of fused-ring (bicyclic) bond motifs is 3. The van der Waals surface area contributed by atoms with Gasteiger partial charge >= 0.3 is 12.2 Å². The number of benzene rings is 3. The van der Waals surface area contributed by atoms with Crippen LogP contribution in [0.4, 0.5) is 15.3 Å². The maximum absolute atomic E-state index is 14.4. The zero-order valence-electron chi connectivity index (χ0n) is 38.7.